The Morgan fingerprint density at radius 2 is 2.21 bits per heavy atom. The van der Waals surface area contributed by atoms with E-state index in [2.05, 4.69) is 6.92 Å². The number of fused-ring (bicyclic) bond motifs is 1. The summed E-state index contributed by atoms with van der Waals surface area (Å²) in [6.07, 6.45) is 1.60. The average molecular weight is 190 g/mol. The molecule has 1 aromatic rings. The van der Waals surface area contributed by atoms with E-state index >= 15 is 0 Å². The molecule has 1 aliphatic carbocycles. The van der Waals surface area contributed by atoms with Crippen molar-refractivity contribution in [2.75, 3.05) is 7.11 Å². The smallest absolute Gasteiger partial charge is 0.166 e. The van der Waals surface area contributed by atoms with Crippen molar-refractivity contribution in [3.63, 3.8) is 0 Å². The molecule has 0 aromatic heterocycles. The molecule has 0 heterocycles. The molecule has 0 N–H and O–H groups in total. The summed E-state index contributed by atoms with van der Waals surface area (Å²) >= 11 is 0. The van der Waals surface area contributed by atoms with Gasteiger partial charge < -0.3 is 4.74 Å². The highest BCUT2D eigenvalue weighted by Gasteiger charge is 2.25. The fraction of sp³-hybridized carbons (Fsp3) is 0.417. The third-order valence-corrected chi connectivity index (χ3v) is 2.89. The molecule has 0 saturated carbocycles. The lowest BCUT2D eigenvalue weighted by Crippen LogP contribution is -2.14. The predicted octanol–water partition coefficient (Wildman–Crippen LogP) is 2.78. The minimum absolute atomic E-state index is 0.218. The van der Waals surface area contributed by atoms with Crippen LogP contribution in [0.3, 0.4) is 0 Å². The summed E-state index contributed by atoms with van der Waals surface area (Å²) < 4.78 is 5.21. The second kappa shape index (κ2) is 3.45. The normalized spacial score (nSPS) is 20.4. The van der Waals surface area contributed by atoms with E-state index in [4.69, 9.17) is 4.74 Å². The van der Waals surface area contributed by atoms with Crippen LogP contribution in [-0.2, 0) is 0 Å². The van der Waals surface area contributed by atoms with Gasteiger partial charge in [0.05, 0.1) is 12.7 Å². The highest BCUT2D eigenvalue weighted by atomic mass is 16.5. The topological polar surface area (TPSA) is 26.3 Å². The standard InChI is InChI=1S/C12H14O2/c1-8-6-7-10(13)12-9(8)4-3-5-11(12)14-2/h3-5,8H,6-7H2,1-2H3. The maximum Gasteiger partial charge on any atom is 0.166 e. The molecule has 1 aromatic carbocycles. The molecule has 0 fully saturated rings. The average Bonchev–Trinajstić information content (AvgIpc) is 2.23. The number of ether oxygens (including phenoxy) is 1. The van der Waals surface area contributed by atoms with Crippen LogP contribution in [0.15, 0.2) is 18.2 Å². The number of carbonyl (C=O) groups excluding carboxylic acids is 1. The first-order valence-corrected chi connectivity index (χ1v) is 4.94. The molecular weight excluding hydrogens is 176 g/mol. The predicted molar refractivity (Wildman–Crippen MR) is 55.0 cm³/mol. The van der Waals surface area contributed by atoms with Gasteiger partial charge in [-0.1, -0.05) is 19.1 Å². The Labute approximate surface area is 83.9 Å². The van der Waals surface area contributed by atoms with E-state index in [-0.39, 0.29) is 5.78 Å². The van der Waals surface area contributed by atoms with Gasteiger partial charge in [0.25, 0.3) is 0 Å². The first-order chi connectivity index (χ1) is 6.74. The number of hydrogen-bond donors (Lipinski definition) is 0. The molecular formula is C12H14O2. The summed E-state index contributed by atoms with van der Waals surface area (Å²) in [7, 11) is 1.61. The van der Waals surface area contributed by atoms with Crippen molar-refractivity contribution in [3.05, 3.63) is 29.3 Å². The van der Waals surface area contributed by atoms with Crippen LogP contribution in [0.2, 0.25) is 0 Å². The summed E-state index contributed by atoms with van der Waals surface area (Å²) in [5, 5.41) is 0. The first kappa shape index (κ1) is 9.25. The van der Waals surface area contributed by atoms with Gasteiger partial charge in [0.15, 0.2) is 5.78 Å². The fourth-order valence-electron chi connectivity index (χ4n) is 2.06. The molecule has 1 unspecified atom stereocenters. The summed E-state index contributed by atoms with van der Waals surface area (Å²) in [5.41, 5.74) is 1.94. The molecule has 0 aliphatic heterocycles. The highest BCUT2D eigenvalue weighted by molar-refractivity contribution is 6.01. The Morgan fingerprint density at radius 3 is 2.93 bits per heavy atom. The molecule has 2 nitrogen and oxygen atoms in total. The number of benzene rings is 1. The lowest BCUT2D eigenvalue weighted by atomic mass is 9.83. The minimum Gasteiger partial charge on any atom is -0.496 e. The van der Waals surface area contributed by atoms with E-state index in [0.717, 1.165) is 23.3 Å². The van der Waals surface area contributed by atoms with E-state index < -0.39 is 0 Å². The van der Waals surface area contributed by atoms with E-state index in [1.807, 2.05) is 18.2 Å². The molecule has 14 heavy (non-hydrogen) atoms. The van der Waals surface area contributed by atoms with Gasteiger partial charge in [-0.05, 0) is 24.0 Å². The molecule has 0 radical (unpaired) electrons. The number of methoxy groups -OCH3 is 1. The Hall–Kier alpha value is -1.31. The quantitative estimate of drug-likeness (QED) is 0.680. The zero-order valence-corrected chi connectivity index (χ0v) is 8.54. The van der Waals surface area contributed by atoms with E-state index in [9.17, 15) is 4.79 Å². The van der Waals surface area contributed by atoms with Gasteiger partial charge in [-0.2, -0.15) is 0 Å². The molecule has 1 atom stereocenters. The van der Waals surface area contributed by atoms with Crippen LogP contribution in [-0.4, -0.2) is 12.9 Å². The zero-order valence-electron chi connectivity index (χ0n) is 8.54. The molecule has 0 spiro atoms. The Balaban J connectivity index is 2.60. The van der Waals surface area contributed by atoms with Crippen LogP contribution in [0.25, 0.3) is 0 Å². The van der Waals surface area contributed by atoms with Crippen molar-refractivity contribution in [1.82, 2.24) is 0 Å². The van der Waals surface area contributed by atoms with Crippen LogP contribution in [0.5, 0.6) is 5.75 Å². The summed E-state index contributed by atoms with van der Waals surface area (Å²) in [6, 6.07) is 5.83. The van der Waals surface area contributed by atoms with Crippen molar-refractivity contribution in [1.29, 1.82) is 0 Å². The first-order valence-electron chi connectivity index (χ1n) is 4.94. The van der Waals surface area contributed by atoms with Gasteiger partial charge in [0.2, 0.25) is 0 Å². The Kier molecular flexibility index (Phi) is 2.28. The van der Waals surface area contributed by atoms with E-state index in [1.54, 1.807) is 7.11 Å². The number of ketones is 1. The number of carbonyl (C=O) groups is 1. The van der Waals surface area contributed by atoms with E-state index in [0.29, 0.717) is 12.3 Å². The van der Waals surface area contributed by atoms with Crippen LogP contribution in [0.1, 0.15) is 41.6 Å². The van der Waals surface area contributed by atoms with Crippen molar-refractivity contribution in [3.8, 4) is 5.75 Å². The van der Waals surface area contributed by atoms with Crippen molar-refractivity contribution in [2.24, 2.45) is 0 Å². The van der Waals surface area contributed by atoms with Crippen LogP contribution < -0.4 is 4.74 Å². The van der Waals surface area contributed by atoms with Gasteiger partial charge in [0, 0.05) is 6.42 Å². The van der Waals surface area contributed by atoms with Crippen molar-refractivity contribution >= 4 is 5.78 Å². The van der Waals surface area contributed by atoms with Gasteiger partial charge in [-0.3, -0.25) is 4.79 Å². The van der Waals surface area contributed by atoms with Crippen molar-refractivity contribution < 1.29 is 9.53 Å². The summed E-state index contributed by atoms with van der Waals surface area (Å²) in [4.78, 5) is 11.7. The monoisotopic (exact) mass is 190 g/mol. The molecule has 0 amide bonds. The second-order valence-corrected chi connectivity index (χ2v) is 3.79. The van der Waals surface area contributed by atoms with Gasteiger partial charge in [-0.15, -0.1) is 0 Å². The molecule has 0 bridgehead atoms. The van der Waals surface area contributed by atoms with Gasteiger partial charge in [0.1, 0.15) is 5.75 Å². The maximum absolute atomic E-state index is 11.7. The number of hydrogen-bond acceptors (Lipinski definition) is 2. The Morgan fingerprint density at radius 1 is 1.43 bits per heavy atom. The van der Waals surface area contributed by atoms with Crippen molar-refractivity contribution in [2.45, 2.75) is 25.7 Å². The third-order valence-electron chi connectivity index (χ3n) is 2.89. The van der Waals surface area contributed by atoms with E-state index in [1.165, 1.54) is 0 Å². The van der Waals surface area contributed by atoms with Crippen LogP contribution >= 0.6 is 0 Å². The molecule has 2 rings (SSSR count). The third kappa shape index (κ3) is 1.31. The number of rotatable bonds is 1. The second-order valence-electron chi connectivity index (χ2n) is 3.79. The lowest BCUT2D eigenvalue weighted by molar-refractivity contribution is 0.0964. The zero-order chi connectivity index (χ0) is 10.1. The van der Waals surface area contributed by atoms with Crippen LogP contribution in [0.4, 0.5) is 0 Å². The van der Waals surface area contributed by atoms with Gasteiger partial charge in [-0.25, -0.2) is 0 Å². The molecule has 74 valence electrons. The largest absolute Gasteiger partial charge is 0.496 e. The van der Waals surface area contributed by atoms with Gasteiger partial charge >= 0.3 is 0 Å². The van der Waals surface area contributed by atoms with Crippen LogP contribution in [0, 0.1) is 0 Å². The minimum atomic E-state index is 0.218. The fourth-order valence-corrected chi connectivity index (χ4v) is 2.06. The lowest BCUT2D eigenvalue weighted by Gasteiger charge is -2.22. The highest BCUT2D eigenvalue weighted by Crippen LogP contribution is 2.35. The summed E-state index contributed by atoms with van der Waals surface area (Å²) in [5.74, 6) is 1.41. The Bertz CT molecular complexity index is 369. The summed E-state index contributed by atoms with van der Waals surface area (Å²) in [6.45, 7) is 2.16. The molecule has 2 heteroatoms. The molecule has 1 aliphatic rings. The SMILES string of the molecule is COc1cccc2c1C(=O)CCC2C. The maximum atomic E-state index is 11.7. The molecule has 0 saturated heterocycles. The number of Topliss-reactive ketones (excluding diaryl/α,β-unsaturated/α-hetero) is 1.